The second kappa shape index (κ2) is 7.44. The van der Waals surface area contributed by atoms with Crippen molar-refractivity contribution in [3.05, 3.63) is 77.2 Å². The predicted molar refractivity (Wildman–Crippen MR) is 104 cm³/mol. The maximum absolute atomic E-state index is 13.5. The molecule has 0 fully saturated rings. The number of benzene rings is 2. The van der Waals surface area contributed by atoms with Crippen LogP contribution >= 0.6 is 11.6 Å². The van der Waals surface area contributed by atoms with E-state index in [-0.39, 0.29) is 5.82 Å². The highest BCUT2D eigenvalue weighted by Gasteiger charge is 2.11. The van der Waals surface area contributed by atoms with Crippen LogP contribution in [0.1, 0.15) is 11.3 Å². The number of halogens is 2. The number of imidazole rings is 1. The Hall–Kier alpha value is -3.19. The van der Waals surface area contributed by atoms with Gasteiger partial charge in [-0.2, -0.15) is 0 Å². The van der Waals surface area contributed by atoms with Gasteiger partial charge in [0.15, 0.2) is 0 Å². The highest BCUT2D eigenvalue weighted by atomic mass is 35.5. The molecule has 142 valence electrons. The van der Waals surface area contributed by atoms with Crippen LogP contribution < -0.4 is 4.74 Å². The lowest BCUT2D eigenvalue weighted by Gasteiger charge is -2.10. The molecule has 2 aromatic heterocycles. The molecule has 0 bridgehead atoms. The van der Waals surface area contributed by atoms with E-state index in [4.69, 9.17) is 16.3 Å². The van der Waals surface area contributed by atoms with E-state index in [0.29, 0.717) is 28.6 Å². The van der Waals surface area contributed by atoms with Crippen LogP contribution in [0.25, 0.3) is 16.9 Å². The van der Waals surface area contributed by atoms with Gasteiger partial charge < -0.3 is 9.30 Å². The summed E-state index contributed by atoms with van der Waals surface area (Å²) in [5.41, 5.74) is 4.07. The first-order valence-corrected chi connectivity index (χ1v) is 8.94. The predicted octanol–water partition coefficient (Wildman–Crippen LogP) is 4.29. The van der Waals surface area contributed by atoms with Gasteiger partial charge in [-0.15, -0.1) is 5.10 Å². The van der Waals surface area contributed by atoms with Crippen LogP contribution in [0, 0.1) is 12.7 Å². The van der Waals surface area contributed by atoms with E-state index in [9.17, 15) is 4.39 Å². The number of ether oxygens (including phenoxy) is 1. The smallest absolute Gasteiger partial charge is 0.143 e. The molecule has 0 aliphatic heterocycles. The van der Waals surface area contributed by atoms with E-state index in [1.807, 2.05) is 35.9 Å². The second-order valence-electron chi connectivity index (χ2n) is 6.39. The van der Waals surface area contributed by atoms with E-state index < -0.39 is 0 Å². The summed E-state index contributed by atoms with van der Waals surface area (Å²) >= 11 is 5.91. The minimum Gasteiger partial charge on any atom is -0.495 e. The Kier molecular flexibility index (Phi) is 4.83. The molecule has 28 heavy (non-hydrogen) atoms. The first-order chi connectivity index (χ1) is 13.5. The van der Waals surface area contributed by atoms with Crippen LogP contribution in [0.4, 0.5) is 4.39 Å². The lowest BCUT2D eigenvalue weighted by atomic mass is 10.1. The topological polar surface area (TPSA) is 57.8 Å². The van der Waals surface area contributed by atoms with E-state index in [1.165, 1.54) is 12.1 Å². The van der Waals surface area contributed by atoms with Gasteiger partial charge >= 0.3 is 0 Å². The van der Waals surface area contributed by atoms with Crippen molar-refractivity contribution in [2.75, 3.05) is 7.11 Å². The molecule has 0 atom stereocenters. The third kappa shape index (κ3) is 3.75. The summed E-state index contributed by atoms with van der Waals surface area (Å²) in [4.78, 5) is 4.25. The lowest BCUT2D eigenvalue weighted by Crippen LogP contribution is -2.00. The van der Waals surface area contributed by atoms with Gasteiger partial charge in [-0.05, 0) is 42.8 Å². The molecular formula is C20H17ClFN5O. The number of rotatable bonds is 5. The number of aryl methyl sites for hydroxylation is 1. The summed E-state index contributed by atoms with van der Waals surface area (Å²) in [6.45, 7) is 2.30. The Balaban J connectivity index is 1.61. The fourth-order valence-corrected chi connectivity index (χ4v) is 3.24. The van der Waals surface area contributed by atoms with Crippen molar-refractivity contribution >= 4 is 11.6 Å². The average Bonchev–Trinajstić information content (AvgIpc) is 3.29. The van der Waals surface area contributed by atoms with Gasteiger partial charge in [0.1, 0.15) is 17.3 Å². The highest BCUT2D eigenvalue weighted by molar-refractivity contribution is 6.30. The van der Waals surface area contributed by atoms with Crippen LogP contribution in [0.2, 0.25) is 5.02 Å². The molecule has 0 N–H and O–H groups in total. The molecular weight excluding hydrogens is 381 g/mol. The standard InChI is InChI=1S/C20H17ClFN5O/c1-13-9-26(12-23-13)19-4-3-15(7-20(19)28-2)18-11-27(25-24-18)10-14-5-16(21)8-17(22)6-14/h3-9,11-12H,10H2,1-2H3. The van der Waals surface area contributed by atoms with Gasteiger partial charge in [-0.1, -0.05) is 22.9 Å². The number of aromatic nitrogens is 5. The summed E-state index contributed by atoms with van der Waals surface area (Å²) in [6, 6.07) is 10.2. The number of nitrogens with zero attached hydrogens (tertiary/aromatic N) is 5. The minimum absolute atomic E-state index is 0.352. The fraction of sp³-hybridized carbons (Fsp3) is 0.150. The third-order valence-electron chi connectivity index (χ3n) is 4.27. The van der Waals surface area contributed by atoms with Gasteiger partial charge in [0.25, 0.3) is 0 Å². The quantitative estimate of drug-likeness (QED) is 0.504. The van der Waals surface area contributed by atoms with Crippen molar-refractivity contribution in [2.24, 2.45) is 0 Å². The highest BCUT2D eigenvalue weighted by Crippen LogP contribution is 2.29. The number of hydrogen-bond acceptors (Lipinski definition) is 4. The zero-order chi connectivity index (χ0) is 19.7. The molecule has 0 amide bonds. The molecule has 0 saturated carbocycles. The molecule has 0 radical (unpaired) electrons. The lowest BCUT2D eigenvalue weighted by molar-refractivity contribution is 0.413. The molecule has 2 heterocycles. The van der Waals surface area contributed by atoms with E-state index in [0.717, 1.165) is 16.9 Å². The zero-order valence-corrected chi connectivity index (χ0v) is 16.1. The molecule has 4 rings (SSSR count). The van der Waals surface area contributed by atoms with Crippen LogP contribution in [0.5, 0.6) is 5.75 Å². The van der Waals surface area contributed by atoms with Gasteiger partial charge in [0.05, 0.1) is 37.6 Å². The maximum atomic E-state index is 13.5. The normalized spacial score (nSPS) is 11.0. The Morgan fingerprint density at radius 1 is 1.14 bits per heavy atom. The molecule has 4 aromatic rings. The molecule has 0 unspecified atom stereocenters. The summed E-state index contributed by atoms with van der Waals surface area (Å²) in [5, 5.41) is 8.70. The Bertz CT molecular complexity index is 1120. The van der Waals surface area contributed by atoms with Crippen molar-refractivity contribution in [1.82, 2.24) is 24.5 Å². The Morgan fingerprint density at radius 2 is 2.00 bits per heavy atom. The first kappa shape index (κ1) is 18.2. The fourth-order valence-electron chi connectivity index (χ4n) is 3.00. The SMILES string of the molecule is COc1cc(-c2cn(Cc3cc(F)cc(Cl)c3)nn2)ccc1-n1cnc(C)c1. The first-order valence-electron chi connectivity index (χ1n) is 8.56. The molecule has 0 aliphatic rings. The Labute approximate surface area is 166 Å². The van der Waals surface area contributed by atoms with Crippen LogP contribution in [0.3, 0.4) is 0 Å². The Morgan fingerprint density at radius 3 is 2.71 bits per heavy atom. The van der Waals surface area contributed by atoms with Crippen LogP contribution in [-0.4, -0.2) is 31.7 Å². The monoisotopic (exact) mass is 397 g/mol. The molecule has 0 spiro atoms. The van der Waals surface area contributed by atoms with E-state index >= 15 is 0 Å². The second-order valence-corrected chi connectivity index (χ2v) is 6.82. The van der Waals surface area contributed by atoms with Crippen molar-refractivity contribution in [3.8, 4) is 22.7 Å². The van der Waals surface area contributed by atoms with Crippen molar-refractivity contribution in [1.29, 1.82) is 0 Å². The largest absolute Gasteiger partial charge is 0.495 e. The summed E-state index contributed by atoms with van der Waals surface area (Å²) in [5.74, 6) is 0.319. The summed E-state index contributed by atoms with van der Waals surface area (Å²) in [7, 11) is 1.62. The van der Waals surface area contributed by atoms with E-state index in [1.54, 1.807) is 30.4 Å². The van der Waals surface area contributed by atoms with Crippen LogP contribution in [-0.2, 0) is 6.54 Å². The molecule has 0 saturated heterocycles. The molecule has 6 nitrogen and oxygen atoms in total. The van der Waals surface area contributed by atoms with Crippen molar-refractivity contribution < 1.29 is 9.13 Å². The summed E-state index contributed by atoms with van der Waals surface area (Å²) in [6.07, 6.45) is 5.47. The molecule has 2 aromatic carbocycles. The van der Waals surface area contributed by atoms with Gasteiger partial charge in [-0.3, -0.25) is 0 Å². The molecule has 0 aliphatic carbocycles. The molecule has 8 heteroatoms. The maximum Gasteiger partial charge on any atom is 0.143 e. The van der Waals surface area contributed by atoms with Gasteiger partial charge in [0, 0.05) is 16.8 Å². The number of hydrogen-bond donors (Lipinski definition) is 0. The number of methoxy groups -OCH3 is 1. The van der Waals surface area contributed by atoms with Crippen molar-refractivity contribution in [2.45, 2.75) is 13.5 Å². The van der Waals surface area contributed by atoms with Gasteiger partial charge in [0.2, 0.25) is 0 Å². The van der Waals surface area contributed by atoms with E-state index in [2.05, 4.69) is 15.3 Å². The van der Waals surface area contributed by atoms with Crippen molar-refractivity contribution in [3.63, 3.8) is 0 Å². The average molecular weight is 398 g/mol. The zero-order valence-electron chi connectivity index (χ0n) is 15.3. The van der Waals surface area contributed by atoms with Crippen LogP contribution in [0.15, 0.2) is 55.1 Å². The van der Waals surface area contributed by atoms with Gasteiger partial charge in [-0.25, -0.2) is 14.1 Å². The third-order valence-corrected chi connectivity index (χ3v) is 4.49. The minimum atomic E-state index is -0.377. The summed E-state index contributed by atoms with van der Waals surface area (Å²) < 4.78 is 22.6.